The molecule has 0 spiro atoms. The molecule has 28 heavy (non-hydrogen) atoms. The third kappa shape index (κ3) is 4.79. The molecule has 152 valence electrons. The van der Waals surface area contributed by atoms with Gasteiger partial charge in [-0.05, 0) is 43.9 Å². The van der Waals surface area contributed by atoms with Crippen LogP contribution in [0.1, 0.15) is 48.4 Å². The maximum atomic E-state index is 14.0. The van der Waals surface area contributed by atoms with E-state index in [0.29, 0.717) is 23.7 Å². The summed E-state index contributed by atoms with van der Waals surface area (Å²) >= 11 is 0. The SMILES string of the molecule is CC(C)Cc1cc(C(=O)N(C)[C@@H]2CCCN(Cc3ccccc3F)C2)n(C)n1. The van der Waals surface area contributed by atoms with Crippen molar-refractivity contribution in [2.45, 2.75) is 45.7 Å². The number of carbonyl (C=O) groups is 1. The highest BCUT2D eigenvalue weighted by Crippen LogP contribution is 2.20. The highest BCUT2D eigenvalue weighted by molar-refractivity contribution is 5.92. The number of likely N-dealkylation sites (tertiary alicyclic amines) is 1. The number of rotatable bonds is 6. The Morgan fingerprint density at radius 1 is 1.36 bits per heavy atom. The Labute approximate surface area is 167 Å². The monoisotopic (exact) mass is 386 g/mol. The molecule has 6 heteroatoms. The van der Waals surface area contributed by atoms with Crippen LogP contribution >= 0.6 is 0 Å². The van der Waals surface area contributed by atoms with Gasteiger partial charge in [-0.15, -0.1) is 0 Å². The average molecular weight is 387 g/mol. The minimum Gasteiger partial charge on any atom is -0.336 e. The number of piperidine rings is 1. The van der Waals surface area contributed by atoms with Gasteiger partial charge in [-0.1, -0.05) is 32.0 Å². The number of amides is 1. The van der Waals surface area contributed by atoms with E-state index in [2.05, 4.69) is 23.8 Å². The van der Waals surface area contributed by atoms with Crippen molar-refractivity contribution >= 4 is 5.91 Å². The molecular weight excluding hydrogens is 355 g/mol. The topological polar surface area (TPSA) is 41.4 Å². The molecule has 1 aliphatic heterocycles. The van der Waals surface area contributed by atoms with E-state index in [0.717, 1.165) is 38.0 Å². The number of carbonyl (C=O) groups excluding carboxylic acids is 1. The van der Waals surface area contributed by atoms with Crippen LogP contribution in [0.4, 0.5) is 4.39 Å². The zero-order chi connectivity index (χ0) is 20.3. The zero-order valence-corrected chi connectivity index (χ0v) is 17.4. The van der Waals surface area contributed by atoms with Crippen molar-refractivity contribution < 1.29 is 9.18 Å². The molecule has 1 aliphatic rings. The molecule has 5 nitrogen and oxygen atoms in total. The van der Waals surface area contributed by atoms with Gasteiger partial charge < -0.3 is 4.90 Å². The molecule has 0 unspecified atom stereocenters. The summed E-state index contributed by atoms with van der Waals surface area (Å²) in [5, 5.41) is 4.50. The fourth-order valence-corrected chi connectivity index (χ4v) is 3.95. The van der Waals surface area contributed by atoms with Crippen LogP contribution in [0.2, 0.25) is 0 Å². The van der Waals surface area contributed by atoms with Crippen molar-refractivity contribution in [3.8, 4) is 0 Å². The number of benzene rings is 1. The summed E-state index contributed by atoms with van der Waals surface area (Å²) in [4.78, 5) is 17.1. The lowest BCUT2D eigenvalue weighted by Gasteiger charge is -2.37. The van der Waals surface area contributed by atoms with Crippen molar-refractivity contribution in [2.24, 2.45) is 13.0 Å². The van der Waals surface area contributed by atoms with Gasteiger partial charge in [-0.2, -0.15) is 5.10 Å². The number of hydrogen-bond donors (Lipinski definition) is 0. The van der Waals surface area contributed by atoms with Crippen LogP contribution in [0.3, 0.4) is 0 Å². The van der Waals surface area contributed by atoms with Gasteiger partial charge >= 0.3 is 0 Å². The predicted molar refractivity (Wildman–Crippen MR) is 109 cm³/mol. The van der Waals surface area contributed by atoms with Crippen LogP contribution in [0.15, 0.2) is 30.3 Å². The molecule has 2 aromatic rings. The maximum absolute atomic E-state index is 14.0. The van der Waals surface area contributed by atoms with Crippen molar-refractivity contribution in [2.75, 3.05) is 20.1 Å². The van der Waals surface area contributed by atoms with Crippen LogP contribution in [0, 0.1) is 11.7 Å². The first kappa shape index (κ1) is 20.5. The highest BCUT2D eigenvalue weighted by Gasteiger charge is 2.28. The van der Waals surface area contributed by atoms with Gasteiger partial charge in [0.1, 0.15) is 11.5 Å². The molecule has 0 saturated carbocycles. The largest absolute Gasteiger partial charge is 0.336 e. The van der Waals surface area contributed by atoms with E-state index in [9.17, 15) is 9.18 Å². The molecule has 1 fully saturated rings. The summed E-state index contributed by atoms with van der Waals surface area (Å²) in [5.41, 5.74) is 2.30. The third-order valence-electron chi connectivity index (χ3n) is 5.47. The van der Waals surface area contributed by atoms with Gasteiger partial charge in [0.15, 0.2) is 0 Å². The molecule has 0 radical (unpaired) electrons. The molecule has 3 rings (SSSR count). The highest BCUT2D eigenvalue weighted by atomic mass is 19.1. The van der Waals surface area contributed by atoms with Crippen molar-refractivity contribution in [1.29, 1.82) is 0 Å². The normalized spacial score (nSPS) is 17.9. The summed E-state index contributed by atoms with van der Waals surface area (Å²) in [5.74, 6) is 0.338. The van der Waals surface area contributed by atoms with Crippen molar-refractivity contribution in [3.63, 3.8) is 0 Å². The molecule has 1 saturated heterocycles. The van der Waals surface area contributed by atoms with E-state index in [4.69, 9.17) is 0 Å². The van der Waals surface area contributed by atoms with E-state index in [-0.39, 0.29) is 17.8 Å². The summed E-state index contributed by atoms with van der Waals surface area (Å²) in [6.07, 6.45) is 2.83. The Hall–Kier alpha value is -2.21. The number of likely N-dealkylation sites (N-methyl/N-ethyl adjacent to an activating group) is 1. The minimum atomic E-state index is -0.165. The third-order valence-corrected chi connectivity index (χ3v) is 5.47. The number of hydrogen-bond acceptors (Lipinski definition) is 3. The summed E-state index contributed by atoms with van der Waals surface area (Å²) in [6.45, 7) is 6.56. The zero-order valence-electron chi connectivity index (χ0n) is 17.4. The van der Waals surface area contributed by atoms with Gasteiger partial charge in [-0.3, -0.25) is 14.4 Å². The molecule has 1 aromatic carbocycles. The quantitative estimate of drug-likeness (QED) is 0.763. The van der Waals surface area contributed by atoms with Gasteiger partial charge in [0, 0.05) is 38.8 Å². The number of aryl methyl sites for hydroxylation is 1. The van der Waals surface area contributed by atoms with Crippen LogP contribution in [-0.2, 0) is 20.0 Å². The standard InChI is InChI=1S/C22H31FN4O/c1-16(2)12-18-13-21(26(4)24-18)22(28)25(3)19-9-7-11-27(15-19)14-17-8-5-6-10-20(17)23/h5-6,8,10,13,16,19H,7,9,11-12,14-15H2,1-4H3/t19-/m1/s1. The molecule has 0 aliphatic carbocycles. The maximum Gasteiger partial charge on any atom is 0.272 e. The predicted octanol–water partition coefficient (Wildman–Crippen LogP) is 3.49. The van der Waals surface area contributed by atoms with E-state index in [1.807, 2.05) is 37.2 Å². The Morgan fingerprint density at radius 3 is 2.82 bits per heavy atom. The van der Waals surface area contributed by atoms with Gasteiger partial charge in [0.05, 0.1) is 5.69 Å². The second-order valence-corrected chi connectivity index (χ2v) is 8.28. The number of aromatic nitrogens is 2. The molecular formula is C22H31FN4O. The van der Waals surface area contributed by atoms with Crippen molar-refractivity contribution in [3.05, 3.63) is 53.1 Å². The van der Waals surface area contributed by atoms with Crippen molar-refractivity contribution in [1.82, 2.24) is 19.6 Å². The first-order chi connectivity index (χ1) is 13.3. The Morgan fingerprint density at radius 2 is 2.11 bits per heavy atom. The molecule has 0 N–H and O–H groups in total. The van der Waals surface area contributed by atoms with E-state index in [1.165, 1.54) is 6.07 Å². The fraction of sp³-hybridized carbons (Fsp3) is 0.545. The second kappa shape index (κ2) is 8.86. The summed E-state index contributed by atoms with van der Waals surface area (Å²) in [6, 6.07) is 8.96. The minimum absolute atomic E-state index is 0.00254. The number of nitrogens with zero attached hydrogens (tertiary/aromatic N) is 4. The Balaban J connectivity index is 1.66. The number of halogens is 1. The van der Waals surface area contributed by atoms with Crippen LogP contribution in [-0.4, -0.2) is 51.7 Å². The summed E-state index contributed by atoms with van der Waals surface area (Å²) < 4.78 is 15.7. The first-order valence-corrected chi connectivity index (χ1v) is 10.1. The van der Waals surface area contributed by atoms with Gasteiger partial charge in [0.2, 0.25) is 0 Å². The average Bonchev–Trinajstić information content (AvgIpc) is 3.02. The van der Waals surface area contributed by atoms with E-state index in [1.54, 1.807) is 10.7 Å². The lowest BCUT2D eigenvalue weighted by molar-refractivity contribution is 0.0597. The van der Waals surface area contributed by atoms with E-state index < -0.39 is 0 Å². The Kier molecular flexibility index (Phi) is 6.50. The van der Waals surface area contributed by atoms with Gasteiger partial charge in [0.25, 0.3) is 5.91 Å². The van der Waals surface area contributed by atoms with E-state index >= 15 is 0 Å². The summed E-state index contributed by atoms with van der Waals surface area (Å²) in [7, 11) is 3.70. The first-order valence-electron chi connectivity index (χ1n) is 10.1. The van der Waals surface area contributed by atoms with Gasteiger partial charge in [-0.25, -0.2) is 4.39 Å². The lowest BCUT2D eigenvalue weighted by Crippen LogP contribution is -2.48. The molecule has 1 amide bonds. The molecule has 2 heterocycles. The molecule has 0 bridgehead atoms. The lowest BCUT2D eigenvalue weighted by atomic mass is 10.0. The Bertz CT molecular complexity index is 817. The second-order valence-electron chi connectivity index (χ2n) is 8.28. The molecule has 1 atom stereocenters. The van der Waals surface area contributed by atoms with Crippen LogP contribution in [0.5, 0.6) is 0 Å². The molecule has 1 aromatic heterocycles. The van der Waals surface area contributed by atoms with Crippen LogP contribution < -0.4 is 0 Å². The fourth-order valence-electron chi connectivity index (χ4n) is 3.95. The smallest absolute Gasteiger partial charge is 0.272 e. The van der Waals surface area contributed by atoms with Crippen LogP contribution in [0.25, 0.3) is 0 Å².